The second-order valence-electron chi connectivity index (χ2n) is 7.78. The van der Waals surface area contributed by atoms with Crippen molar-refractivity contribution in [2.75, 3.05) is 14.2 Å². The highest BCUT2D eigenvalue weighted by Crippen LogP contribution is 2.47. The van der Waals surface area contributed by atoms with Gasteiger partial charge in [-0.15, -0.1) is 0 Å². The normalized spacial score (nSPS) is 19.8. The molecule has 3 rings (SSSR count). The fraction of sp³-hybridized carbons (Fsp3) is 0.667. The van der Waals surface area contributed by atoms with Gasteiger partial charge in [-0.3, -0.25) is 14.4 Å². The average Bonchev–Trinajstić information content (AvgIpc) is 3.38. The molecule has 6 nitrogen and oxygen atoms in total. The predicted molar refractivity (Wildman–Crippen MR) is 99.3 cm³/mol. The molecule has 2 saturated carbocycles. The number of H-pyrrole nitrogens is 1. The number of carbonyl (C=O) groups is 3. The van der Waals surface area contributed by atoms with E-state index < -0.39 is 29.1 Å². The van der Waals surface area contributed by atoms with Crippen molar-refractivity contribution in [3.8, 4) is 0 Å². The van der Waals surface area contributed by atoms with Crippen LogP contribution in [0.3, 0.4) is 0 Å². The maximum atomic E-state index is 13.6. The molecule has 0 unspecified atom stereocenters. The number of ether oxygens (including phenoxy) is 2. The average molecular weight is 375 g/mol. The third-order valence-corrected chi connectivity index (χ3v) is 6.37. The molecule has 0 aliphatic heterocycles. The van der Waals surface area contributed by atoms with Gasteiger partial charge in [0.25, 0.3) is 0 Å². The number of methoxy groups -OCH3 is 2. The Balaban J connectivity index is 2.01. The molecule has 0 aromatic carbocycles. The SMILES string of the molecule is COC(=O)C(C(=O)OC)C(=O)C1(c2[nH]ccc2C2CCCCC2)CCCC1. The molecule has 0 amide bonds. The molecular weight excluding hydrogens is 346 g/mol. The van der Waals surface area contributed by atoms with E-state index in [9.17, 15) is 14.4 Å². The van der Waals surface area contributed by atoms with Crippen molar-refractivity contribution in [2.24, 2.45) is 5.92 Å². The zero-order chi connectivity index (χ0) is 19.4. The summed E-state index contributed by atoms with van der Waals surface area (Å²) in [6.07, 6.45) is 10.8. The maximum absolute atomic E-state index is 13.6. The highest BCUT2D eigenvalue weighted by molar-refractivity contribution is 6.18. The molecule has 148 valence electrons. The standard InChI is InChI=1S/C21H29NO5/c1-26-19(24)16(20(25)27-2)18(23)21(11-6-7-12-21)17-15(10-13-22-17)14-8-4-3-5-9-14/h10,13-14,16,22H,3-9,11-12H2,1-2H3. The summed E-state index contributed by atoms with van der Waals surface area (Å²) in [5, 5.41) is 0. The van der Waals surface area contributed by atoms with Crippen LogP contribution in [0.15, 0.2) is 12.3 Å². The highest BCUT2D eigenvalue weighted by Gasteiger charge is 2.52. The summed E-state index contributed by atoms with van der Waals surface area (Å²) in [4.78, 5) is 41.4. The molecule has 0 saturated heterocycles. The first-order valence-corrected chi connectivity index (χ1v) is 9.93. The summed E-state index contributed by atoms with van der Waals surface area (Å²) < 4.78 is 9.51. The van der Waals surface area contributed by atoms with E-state index in [0.717, 1.165) is 31.4 Å². The first-order chi connectivity index (χ1) is 13.0. The van der Waals surface area contributed by atoms with Crippen molar-refractivity contribution in [3.05, 3.63) is 23.5 Å². The van der Waals surface area contributed by atoms with Gasteiger partial charge in [0.05, 0.1) is 19.6 Å². The number of aromatic amines is 1. The first kappa shape index (κ1) is 19.6. The van der Waals surface area contributed by atoms with Crippen molar-refractivity contribution < 1.29 is 23.9 Å². The largest absolute Gasteiger partial charge is 0.468 e. The zero-order valence-electron chi connectivity index (χ0n) is 16.2. The summed E-state index contributed by atoms with van der Waals surface area (Å²) >= 11 is 0. The number of esters is 2. The van der Waals surface area contributed by atoms with Gasteiger partial charge in [0.1, 0.15) is 0 Å². The highest BCUT2D eigenvalue weighted by atomic mass is 16.5. The maximum Gasteiger partial charge on any atom is 0.327 e. The first-order valence-electron chi connectivity index (χ1n) is 9.93. The minimum Gasteiger partial charge on any atom is -0.468 e. The molecule has 2 aliphatic carbocycles. The summed E-state index contributed by atoms with van der Waals surface area (Å²) in [5.74, 6) is -3.17. The van der Waals surface area contributed by atoms with E-state index in [0.29, 0.717) is 18.8 Å². The van der Waals surface area contributed by atoms with Crippen LogP contribution in [-0.4, -0.2) is 36.9 Å². The van der Waals surface area contributed by atoms with Crippen molar-refractivity contribution in [2.45, 2.75) is 69.1 Å². The van der Waals surface area contributed by atoms with Crippen LogP contribution in [0.4, 0.5) is 0 Å². The molecule has 0 atom stereocenters. The molecule has 1 N–H and O–H groups in total. The molecular formula is C21H29NO5. The monoisotopic (exact) mass is 375 g/mol. The smallest absolute Gasteiger partial charge is 0.327 e. The van der Waals surface area contributed by atoms with Crippen molar-refractivity contribution in [1.82, 2.24) is 4.98 Å². The number of carbonyl (C=O) groups excluding carboxylic acids is 3. The van der Waals surface area contributed by atoms with Crippen molar-refractivity contribution >= 4 is 17.7 Å². The summed E-state index contributed by atoms with van der Waals surface area (Å²) in [5.41, 5.74) is 1.23. The summed E-state index contributed by atoms with van der Waals surface area (Å²) in [7, 11) is 2.38. The van der Waals surface area contributed by atoms with Crippen LogP contribution in [0.25, 0.3) is 0 Å². The molecule has 0 radical (unpaired) electrons. The summed E-state index contributed by atoms with van der Waals surface area (Å²) in [6, 6.07) is 2.07. The molecule has 6 heteroatoms. The Morgan fingerprint density at radius 1 is 1.00 bits per heavy atom. The number of hydrogen-bond donors (Lipinski definition) is 1. The fourth-order valence-electron chi connectivity index (χ4n) is 4.97. The van der Waals surface area contributed by atoms with E-state index in [1.54, 1.807) is 0 Å². The lowest BCUT2D eigenvalue weighted by atomic mass is 9.70. The van der Waals surface area contributed by atoms with Gasteiger partial charge in [0, 0.05) is 11.9 Å². The molecule has 0 spiro atoms. The number of Topliss-reactive ketones (excluding diaryl/α,β-unsaturated/α-hetero) is 1. The van der Waals surface area contributed by atoms with Crippen molar-refractivity contribution in [1.29, 1.82) is 0 Å². The Morgan fingerprint density at radius 2 is 1.59 bits per heavy atom. The Labute approximate surface area is 160 Å². The Hall–Kier alpha value is -2.11. The molecule has 2 aliphatic rings. The second-order valence-corrected chi connectivity index (χ2v) is 7.78. The van der Waals surface area contributed by atoms with Crippen LogP contribution in [-0.2, 0) is 29.3 Å². The van der Waals surface area contributed by atoms with E-state index >= 15 is 0 Å². The van der Waals surface area contributed by atoms with E-state index in [1.165, 1.54) is 39.0 Å². The molecule has 1 aromatic rings. The van der Waals surface area contributed by atoms with Gasteiger partial charge in [-0.25, -0.2) is 0 Å². The third kappa shape index (κ3) is 3.54. The third-order valence-electron chi connectivity index (χ3n) is 6.37. The van der Waals surface area contributed by atoms with Crippen LogP contribution >= 0.6 is 0 Å². The zero-order valence-corrected chi connectivity index (χ0v) is 16.2. The van der Waals surface area contributed by atoms with Crippen LogP contribution in [0.5, 0.6) is 0 Å². The Kier molecular flexibility index (Phi) is 6.02. The molecule has 1 aromatic heterocycles. The number of aromatic nitrogens is 1. The lowest BCUT2D eigenvalue weighted by Crippen LogP contribution is -2.46. The molecule has 0 bridgehead atoms. The number of hydrogen-bond acceptors (Lipinski definition) is 5. The van der Waals surface area contributed by atoms with Gasteiger partial charge in [0.15, 0.2) is 5.78 Å². The molecule has 1 heterocycles. The Bertz CT molecular complexity index is 679. The summed E-state index contributed by atoms with van der Waals surface area (Å²) in [6.45, 7) is 0. The van der Waals surface area contributed by atoms with Gasteiger partial charge in [-0.1, -0.05) is 32.1 Å². The van der Waals surface area contributed by atoms with E-state index in [1.807, 2.05) is 6.20 Å². The molecule has 27 heavy (non-hydrogen) atoms. The van der Waals surface area contributed by atoms with Gasteiger partial charge in [-0.2, -0.15) is 0 Å². The fourth-order valence-corrected chi connectivity index (χ4v) is 4.97. The lowest BCUT2D eigenvalue weighted by Gasteiger charge is -2.32. The van der Waals surface area contributed by atoms with E-state index in [-0.39, 0.29) is 0 Å². The number of rotatable bonds is 6. The quantitative estimate of drug-likeness (QED) is 0.608. The van der Waals surface area contributed by atoms with E-state index in [4.69, 9.17) is 9.47 Å². The van der Waals surface area contributed by atoms with Crippen molar-refractivity contribution in [3.63, 3.8) is 0 Å². The van der Waals surface area contributed by atoms with Gasteiger partial charge >= 0.3 is 11.9 Å². The lowest BCUT2D eigenvalue weighted by molar-refractivity contribution is -0.163. The predicted octanol–water partition coefficient (Wildman–Crippen LogP) is 3.41. The van der Waals surface area contributed by atoms with Gasteiger partial charge < -0.3 is 14.5 Å². The molecule has 2 fully saturated rings. The number of nitrogens with one attached hydrogen (secondary N) is 1. The van der Waals surface area contributed by atoms with Crippen LogP contribution < -0.4 is 0 Å². The second kappa shape index (κ2) is 8.28. The number of ketones is 1. The van der Waals surface area contributed by atoms with Crippen LogP contribution in [0, 0.1) is 5.92 Å². The Morgan fingerprint density at radius 3 is 2.15 bits per heavy atom. The van der Waals surface area contributed by atoms with Gasteiger partial charge in [0.2, 0.25) is 5.92 Å². The van der Waals surface area contributed by atoms with E-state index in [2.05, 4.69) is 11.1 Å². The minimum absolute atomic E-state index is 0.391. The van der Waals surface area contributed by atoms with Gasteiger partial charge in [-0.05, 0) is 43.2 Å². The van der Waals surface area contributed by atoms with Crippen LogP contribution in [0.2, 0.25) is 0 Å². The van der Waals surface area contributed by atoms with Crippen LogP contribution in [0.1, 0.15) is 75.0 Å². The topological polar surface area (TPSA) is 85.5 Å². The minimum atomic E-state index is -1.53.